The third-order valence-corrected chi connectivity index (χ3v) is 4.24. The lowest BCUT2D eigenvalue weighted by Gasteiger charge is -2.24. The fourth-order valence-corrected chi connectivity index (χ4v) is 2.76. The van der Waals surface area contributed by atoms with Crippen molar-refractivity contribution in [1.82, 2.24) is 10.6 Å². The lowest BCUT2D eigenvalue weighted by Crippen LogP contribution is -2.39. The van der Waals surface area contributed by atoms with Gasteiger partial charge in [0.05, 0.1) is 13.2 Å². The third-order valence-electron chi connectivity index (χ3n) is 4.24. The van der Waals surface area contributed by atoms with Crippen molar-refractivity contribution in [3.05, 3.63) is 0 Å². The van der Waals surface area contributed by atoms with E-state index in [0.29, 0.717) is 6.61 Å². The second kappa shape index (κ2) is 13.2. The minimum Gasteiger partial charge on any atom is -0.396 e. The average molecular weight is 441 g/mol. The summed E-state index contributed by atoms with van der Waals surface area (Å²) in [5.41, 5.74) is 0.0226. The summed E-state index contributed by atoms with van der Waals surface area (Å²) in [4.78, 5) is 4.72. The predicted octanol–water partition coefficient (Wildman–Crippen LogP) is 2.77. The van der Waals surface area contributed by atoms with Gasteiger partial charge in [0.25, 0.3) is 0 Å². The molecule has 0 saturated carbocycles. The number of hydrogen-bond acceptors (Lipinski definition) is 3. The van der Waals surface area contributed by atoms with Gasteiger partial charge in [-0.3, -0.25) is 4.99 Å². The number of unbranched alkanes of at least 4 members (excludes halogenated alkanes) is 1. The molecule has 0 amide bonds. The molecule has 5 nitrogen and oxygen atoms in total. The van der Waals surface area contributed by atoms with Crippen LogP contribution in [0.3, 0.4) is 0 Å². The van der Waals surface area contributed by atoms with Crippen molar-refractivity contribution >= 4 is 29.9 Å². The fourth-order valence-electron chi connectivity index (χ4n) is 2.76. The Morgan fingerprint density at radius 2 is 2.09 bits per heavy atom. The van der Waals surface area contributed by atoms with Crippen LogP contribution >= 0.6 is 24.0 Å². The van der Waals surface area contributed by atoms with Crippen LogP contribution in [-0.2, 0) is 4.74 Å². The van der Waals surface area contributed by atoms with Gasteiger partial charge in [0.15, 0.2) is 5.96 Å². The maximum atomic E-state index is 9.27. The number of guanidine groups is 1. The van der Waals surface area contributed by atoms with E-state index in [9.17, 15) is 5.11 Å². The Hall–Kier alpha value is -0.0800. The molecule has 0 spiro atoms. The SMILES string of the molecule is CCNC(=NCC1(CCO)CCOC1)NCCCCC(C)C.I. The van der Waals surface area contributed by atoms with Gasteiger partial charge >= 0.3 is 0 Å². The molecule has 6 heteroatoms. The Bertz CT molecular complexity index is 319. The molecule has 0 bridgehead atoms. The van der Waals surface area contributed by atoms with Crippen LogP contribution in [-0.4, -0.2) is 50.5 Å². The standard InChI is InChI=1S/C17H35N3O2.HI/c1-4-18-16(19-10-6-5-7-15(2)3)20-13-17(8-11-21)9-12-22-14-17;/h15,21H,4-14H2,1-3H3,(H2,18,19,20);1H. The van der Waals surface area contributed by atoms with Crippen molar-refractivity contribution in [3.8, 4) is 0 Å². The Kier molecular flexibility index (Phi) is 13.2. The molecule has 1 saturated heterocycles. The second-order valence-electron chi connectivity index (χ2n) is 6.79. The molecule has 1 atom stereocenters. The van der Waals surface area contributed by atoms with Gasteiger partial charge < -0.3 is 20.5 Å². The first kappa shape index (κ1) is 22.9. The molecule has 138 valence electrons. The fraction of sp³-hybridized carbons (Fsp3) is 0.941. The lowest BCUT2D eigenvalue weighted by molar-refractivity contribution is 0.131. The first-order chi connectivity index (χ1) is 10.6. The van der Waals surface area contributed by atoms with Gasteiger partial charge in [-0.15, -0.1) is 24.0 Å². The van der Waals surface area contributed by atoms with Crippen LogP contribution in [0.1, 0.15) is 52.9 Å². The van der Waals surface area contributed by atoms with Gasteiger partial charge in [-0.1, -0.05) is 26.7 Å². The molecule has 0 aliphatic carbocycles. The van der Waals surface area contributed by atoms with Crippen LogP contribution in [0.15, 0.2) is 4.99 Å². The van der Waals surface area contributed by atoms with Crippen LogP contribution < -0.4 is 10.6 Å². The Morgan fingerprint density at radius 1 is 1.30 bits per heavy atom. The molecular weight excluding hydrogens is 405 g/mol. The van der Waals surface area contributed by atoms with Crippen LogP contribution in [0.5, 0.6) is 0 Å². The number of rotatable bonds is 10. The van der Waals surface area contributed by atoms with Crippen molar-refractivity contribution < 1.29 is 9.84 Å². The molecule has 23 heavy (non-hydrogen) atoms. The summed E-state index contributed by atoms with van der Waals surface area (Å²) in [6.45, 7) is 10.9. The summed E-state index contributed by atoms with van der Waals surface area (Å²) in [7, 11) is 0. The summed E-state index contributed by atoms with van der Waals surface area (Å²) in [6, 6.07) is 0. The summed E-state index contributed by atoms with van der Waals surface area (Å²) < 4.78 is 5.52. The van der Waals surface area contributed by atoms with Crippen molar-refractivity contribution in [2.75, 3.05) is 39.5 Å². The number of aliphatic hydroxyl groups is 1. The molecule has 1 heterocycles. The Morgan fingerprint density at radius 3 is 2.65 bits per heavy atom. The van der Waals surface area contributed by atoms with Crippen molar-refractivity contribution in [1.29, 1.82) is 0 Å². The van der Waals surface area contributed by atoms with E-state index >= 15 is 0 Å². The van der Waals surface area contributed by atoms with E-state index < -0.39 is 0 Å². The predicted molar refractivity (Wildman–Crippen MR) is 108 cm³/mol. The molecule has 0 aromatic heterocycles. The van der Waals surface area contributed by atoms with Gasteiger partial charge in [0, 0.05) is 31.7 Å². The van der Waals surface area contributed by atoms with Gasteiger partial charge in [0.2, 0.25) is 0 Å². The lowest BCUT2D eigenvalue weighted by atomic mass is 9.84. The summed E-state index contributed by atoms with van der Waals surface area (Å²) in [6.07, 6.45) is 5.47. The highest BCUT2D eigenvalue weighted by atomic mass is 127. The molecular formula is C17H36IN3O2. The number of aliphatic hydroxyl groups excluding tert-OH is 1. The van der Waals surface area contributed by atoms with Crippen LogP contribution in [0.25, 0.3) is 0 Å². The van der Waals surface area contributed by atoms with Gasteiger partial charge in [0.1, 0.15) is 0 Å². The van der Waals surface area contributed by atoms with Gasteiger partial charge in [-0.25, -0.2) is 0 Å². The molecule has 0 aromatic rings. The highest BCUT2D eigenvalue weighted by molar-refractivity contribution is 14.0. The first-order valence-corrected chi connectivity index (χ1v) is 8.82. The van der Waals surface area contributed by atoms with E-state index in [1.807, 2.05) is 0 Å². The van der Waals surface area contributed by atoms with E-state index in [4.69, 9.17) is 9.73 Å². The molecule has 1 unspecified atom stereocenters. The normalized spacial score (nSPS) is 21.3. The third kappa shape index (κ3) is 9.72. The quantitative estimate of drug-likeness (QED) is 0.211. The molecule has 3 N–H and O–H groups in total. The van der Waals surface area contributed by atoms with Crippen molar-refractivity contribution in [2.45, 2.75) is 52.9 Å². The zero-order chi connectivity index (χ0) is 16.3. The number of nitrogens with one attached hydrogen (secondary N) is 2. The van der Waals surface area contributed by atoms with Crippen molar-refractivity contribution in [3.63, 3.8) is 0 Å². The van der Waals surface area contributed by atoms with Crippen LogP contribution in [0, 0.1) is 11.3 Å². The number of aliphatic imine (C=N–C) groups is 1. The molecule has 1 aliphatic heterocycles. The van der Waals surface area contributed by atoms with Crippen LogP contribution in [0.4, 0.5) is 0 Å². The molecule has 1 rings (SSSR count). The molecule has 1 fully saturated rings. The van der Waals surface area contributed by atoms with E-state index in [1.54, 1.807) is 0 Å². The summed E-state index contributed by atoms with van der Waals surface area (Å²) in [5.74, 6) is 1.67. The van der Waals surface area contributed by atoms with E-state index in [1.165, 1.54) is 19.3 Å². The highest BCUT2D eigenvalue weighted by Gasteiger charge is 2.34. The Labute approximate surface area is 159 Å². The highest BCUT2D eigenvalue weighted by Crippen LogP contribution is 2.32. The summed E-state index contributed by atoms with van der Waals surface area (Å²) in [5, 5.41) is 16.0. The van der Waals surface area contributed by atoms with Gasteiger partial charge in [-0.2, -0.15) is 0 Å². The number of halogens is 1. The first-order valence-electron chi connectivity index (χ1n) is 8.82. The van der Waals surface area contributed by atoms with E-state index in [2.05, 4.69) is 31.4 Å². The number of hydrogen-bond donors (Lipinski definition) is 3. The number of nitrogens with zero attached hydrogens (tertiary/aromatic N) is 1. The largest absolute Gasteiger partial charge is 0.396 e. The molecule has 0 aromatic carbocycles. The molecule has 1 aliphatic rings. The summed E-state index contributed by atoms with van der Waals surface area (Å²) >= 11 is 0. The topological polar surface area (TPSA) is 65.9 Å². The Balaban J connectivity index is 0.00000484. The monoisotopic (exact) mass is 441 g/mol. The molecule has 0 radical (unpaired) electrons. The van der Waals surface area contributed by atoms with E-state index in [0.717, 1.165) is 51.0 Å². The second-order valence-corrected chi connectivity index (χ2v) is 6.79. The maximum absolute atomic E-state index is 9.27. The van der Waals surface area contributed by atoms with Gasteiger partial charge in [-0.05, 0) is 32.1 Å². The van der Waals surface area contributed by atoms with Crippen LogP contribution in [0.2, 0.25) is 0 Å². The minimum absolute atomic E-state index is 0. The smallest absolute Gasteiger partial charge is 0.191 e. The zero-order valence-electron chi connectivity index (χ0n) is 15.1. The minimum atomic E-state index is 0. The maximum Gasteiger partial charge on any atom is 0.191 e. The zero-order valence-corrected chi connectivity index (χ0v) is 17.4. The number of ether oxygens (including phenoxy) is 1. The van der Waals surface area contributed by atoms with E-state index in [-0.39, 0.29) is 36.0 Å². The van der Waals surface area contributed by atoms with Crippen molar-refractivity contribution in [2.24, 2.45) is 16.3 Å². The average Bonchev–Trinajstić information content (AvgIpc) is 2.93.